The van der Waals surface area contributed by atoms with Gasteiger partial charge in [0.1, 0.15) is 17.4 Å². The van der Waals surface area contributed by atoms with Gasteiger partial charge in [0.15, 0.2) is 5.78 Å². The van der Waals surface area contributed by atoms with E-state index in [-0.39, 0.29) is 23.2 Å². The van der Waals surface area contributed by atoms with Gasteiger partial charge >= 0.3 is 0 Å². The molecule has 164 valence electrons. The van der Waals surface area contributed by atoms with Gasteiger partial charge in [-0.15, -0.1) is 0 Å². The molecule has 3 rings (SSSR count). The normalized spacial score (nSPS) is 39.1. The average molecular weight is 414 g/mol. The molecular weight excluding hydrogens is 378 g/mol. The van der Waals surface area contributed by atoms with Gasteiger partial charge in [0.2, 0.25) is 0 Å². The molecule has 1 aliphatic heterocycles. The Hall–Kier alpha value is -2.14. The summed E-state index contributed by atoms with van der Waals surface area (Å²) in [6.07, 6.45) is 13.4. The molecule has 30 heavy (non-hydrogen) atoms. The van der Waals surface area contributed by atoms with Crippen molar-refractivity contribution in [3.63, 3.8) is 0 Å². The molecule has 0 spiro atoms. The number of likely N-dealkylation sites (N-methyl/N-ethyl adjacent to an activating group) is 1. The van der Waals surface area contributed by atoms with Crippen molar-refractivity contribution >= 4 is 11.7 Å². The fraction of sp³-hybridized carbons (Fsp3) is 0.600. The van der Waals surface area contributed by atoms with Crippen LogP contribution in [0.5, 0.6) is 0 Å². The maximum atomic E-state index is 13.0. The standard InChI is InChI=1S/C25H35NO4/c1-6-7-8-9-18-16(3)13-17-12-15(2)10-11-19(17)25(18,4)23(29)21-22(28)20(14-27)26(5)24(21)30/h6-9,13,15,17-20,27,29H,10-12,14H2,1-5H3/b7-6+,9-8+,23-21-/t15-,17+,18-,19-,20+,25-/m0/s1. The third-order valence-electron chi connectivity index (χ3n) is 7.62. The van der Waals surface area contributed by atoms with E-state index in [1.807, 2.05) is 32.1 Å². The smallest absolute Gasteiger partial charge is 0.261 e. The topological polar surface area (TPSA) is 77.8 Å². The molecule has 0 bridgehead atoms. The van der Waals surface area contributed by atoms with Crippen molar-refractivity contribution in [1.82, 2.24) is 4.90 Å². The van der Waals surface area contributed by atoms with Gasteiger partial charge < -0.3 is 15.1 Å². The quantitative estimate of drug-likeness (QED) is 0.240. The number of fused-ring (bicyclic) bond motifs is 1. The lowest BCUT2D eigenvalue weighted by atomic mass is 9.52. The number of likely N-dealkylation sites (tertiary alicyclic amines) is 1. The molecular formula is C25H35NO4. The first-order valence-corrected chi connectivity index (χ1v) is 11.0. The van der Waals surface area contributed by atoms with Crippen molar-refractivity contribution < 1.29 is 19.8 Å². The van der Waals surface area contributed by atoms with E-state index in [9.17, 15) is 19.8 Å². The monoisotopic (exact) mass is 413 g/mol. The Kier molecular flexibility index (Phi) is 6.42. The first-order chi connectivity index (χ1) is 14.2. The second-order valence-electron chi connectivity index (χ2n) is 9.47. The minimum Gasteiger partial charge on any atom is -0.511 e. The molecule has 1 saturated heterocycles. The van der Waals surface area contributed by atoms with Crippen molar-refractivity contribution in [2.75, 3.05) is 13.7 Å². The Morgan fingerprint density at radius 1 is 1.30 bits per heavy atom. The first kappa shape index (κ1) is 22.5. The molecule has 0 aromatic heterocycles. The third-order valence-corrected chi connectivity index (χ3v) is 7.62. The van der Waals surface area contributed by atoms with Gasteiger partial charge in [-0.05, 0) is 44.4 Å². The second-order valence-corrected chi connectivity index (χ2v) is 9.47. The number of carbonyl (C=O) groups is 2. The molecule has 2 fully saturated rings. The van der Waals surface area contributed by atoms with E-state index in [1.54, 1.807) is 0 Å². The van der Waals surface area contributed by atoms with Crippen molar-refractivity contribution in [2.45, 2.75) is 53.0 Å². The van der Waals surface area contributed by atoms with Crippen LogP contribution < -0.4 is 0 Å². The number of hydrogen-bond acceptors (Lipinski definition) is 4. The number of aliphatic hydroxyl groups is 2. The van der Waals surface area contributed by atoms with Gasteiger partial charge in [-0.2, -0.15) is 0 Å². The highest BCUT2D eigenvalue weighted by atomic mass is 16.3. The van der Waals surface area contributed by atoms with E-state index in [2.05, 4.69) is 26.0 Å². The largest absolute Gasteiger partial charge is 0.511 e. The highest BCUT2D eigenvalue weighted by Gasteiger charge is 2.55. The van der Waals surface area contributed by atoms with Gasteiger partial charge in [0.25, 0.3) is 5.91 Å². The fourth-order valence-electron chi connectivity index (χ4n) is 5.92. The summed E-state index contributed by atoms with van der Waals surface area (Å²) < 4.78 is 0. The number of allylic oxidation sites excluding steroid dienone is 7. The summed E-state index contributed by atoms with van der Waals surface area (Å²) in [6.45, 7) is 7.86. The fourth-order valence-corrected chi connectivity index (χ4v) is 5.92. The van der Waals surface area contributed by atoms with Crippen LogP contribution in [0, 0.1) is 29.1 Å². The van der Waals surface area contributed by atoms with Gasteiger partial charge in [-0.25, -0.2) is 0 Å². The summed E-state index contributed by atoms with van der Waals surface area (Å²) in [5.41, 5.74) is 0.259. The average Bonchev–Trinajstić information content (AvgIpc) is 2.91. The lowest BCUT2D eigenvalue weighted by Crippen LogP contribution is -2.46. The molecule has 5 heteroatoms. The van der Waals surface area contributed by atoms with Crippen molar-refractivity contribution in [1.29, 1.82) is 0 Å². The summed E-state index contributed by atoms with van der Waals surface area (Å²) in [7, 11) is 1.50. The highest BCUT2D eigenvalue weighted by Crippen LogP contribution is 2.58. The number of aliphatic hydroxyl groups excluding tert-OH is 2. The molecule has 0 aromatic rings. The van der Waals surface area contributed by atoms with Crippen LogP contribution in [0.15, 0.2) is 47.3 Å². The Morgan fingerprint density at radius 3 is 2.60 bits per heavy atom. The number of rotatable bonds is 4. The summed E-state index contributed by atoms with van der Waals surface area (Å²) in [5.74, 6) is -0.128. The molecule has 5 nitrogen and oxygen atoms in total. The maximum absolute atomic E-state index is 13.0. The summed E-state index contributed by atoms with van der Waals surface area (Å²) in [6, 6.07) is -0.919. The van der Waals surface area contributed by atoms with Gasteiger partial charge in [0.05, 0.1) is 6.61 Å². The predicted molar refractivity (Wildman–Crippen MR) is 118 cm³/mol. The van der Waals surface area contributed by atoms with E-state index in [0.717, 1.165) is 24.8 Å². The highest BCUT2D eigenvalue weighted by molar-refractivity contribution is 6.26. The first-order valence-electron chi connectivity index (χ1n) is 11.0. The molecule has 1 heterocycles. The Morgan fingerprint density at radius 2 is 2.00 bits per heavy atom. The zero-order valence-corrected chi connectivity index (χ0v) is 18.8. The summed E-state index contributed by atoms with van der Waals surface area (Å²) >= 11 is 0. The van der Waals surface area contributed by atoms with Crippen LogP contribution in [0.4, 0.5) is 0 Å². The predicted octanol–water partition coefficient (Wildman–Crippen LogP) is 3.97. The molecule has 0 radical (unpaired) electrons. The minimum atomic E-state index is -0.919. The van der Waals surface area contributed by atoms with Crippen molar-refractivity contribution in [3.05, 3.63) is 47.3 Å². The van der Waals surface area contributed by atoms with Gasteiger partial charge in [-0.1, -0.05) is 56.2 Å². The number of hydrogen-bond donors (Lipinski definition) is 2. The molecule has 0 aromatic carbocycles. The number of nitrogens with zero attached hydrogens (tertiary/aromatic N) is 1. The van der Waals surface area contributed by atoms with E-state index in [1.165, 1.54) is 11.9 Å². The number of carbonyl (C=O) groups excluding carboxylic acids is 2. The lowest BCUT2D eigenvalue weighted by Gasteiger charge is -2.52. The Bertz CT molecular complexity index is 836. The lowest BCUT2D eigenvalue weighted by molar-refractivity contribution is -0.126. The number of ketones is 1. The Balaban J connectivity index is 2.19. The van der Waals surface area contributed by atoms with Crippen LogP contribution in [0.3, 0.4) is 0 Å². The molecule has 2 aliphatic carbocycles. The van der Waals surface area contributed by atoms with Gasteiger partial charge in [0, 0.05) is 18.4 Å². The van der Waals surface area contributed by atoms with E-state index < -0.39 is 29.8 Å². The summed E-state index contributed by atoms with van der Waals surface area (Å²) in [4.78, 5) is 27.1. The van der Waals surface area contributed by atoms with Crippen LogP contribution in [-0.4, -0.2) is 46.5 Å². The van der Waals surface area contributed by atoms with Gasteiger partial charge in [-0.3, -0.25) is 9.59 Å². The molecule has 1 amide bonds. The van der Waals surface area contributed by atoms with Crippen molar-refractivity contribution in [3.8, 4) is 0 Å². The number of amides is 1. The molecule has 1 saturated carbocycles. The SMILES string of the molecule is C/C=C/C=C/[C@H]1C(C)=C[C@H]2C[C@@H](C)CC[C@@H]2[C@@]1(C)/C(O)=C1\C(=O)[C@@H](CO)N(C)C1=O. The van der Waals surface area contributed by atoms with Crippen LogP contribution in [0.25, 0.3) is 0 Å². The summed E-state index contributed by atoms with van der Waals surface area (Å²) in [5, 5.41) is 21.2. The third kappa shape index (κ3) is 3.47. The van der Waals surface area contributed by atoms with Crippen LogP contribution in [0.1, 0.15) is 47.0 Å². The van der Waals surface area contributed by atoms with Crippen molar-refractivity contribution in [2.24, 2.45) is 29.1 Å². The second kappa shape index (κ2) is 8.54. The van der Waals surface area contributed by atoms with E-state index in [0.29, 0.717) is 11.8 Å². The molecule has 2 N–H and O–H groups in total. The van der Waals surface area contributed by atoms with Crippen LogP contribution in [-0.2, 0) is 9.59 Å². The van der Waals surface area contributed by atoms with Crippen LogP contribution >= 0.6 is 0 Å². The zero-order valence-electron chi connectivity index (χ0n) is 18.8. The van der Waals surface area contributed by atoms with E-state index >= 15 is 0 Å². The zero-order chi connectivity index (χ0) is 22.2. The van der Waals surface area contributed by atoms with E-state index in [4.69, 9.17) is 0 Å². The van der Waals surface area contributed by atoms with Crippen LogP contribution in [0.2, 0.25) is 0 Å². The Labute approximate surface area is 179 Å². The molecule has 6 atom stereocenters. The molecule has 0 unspecified atom stereocenters. The maximum Gasteiger partial charge on any atom is 0.261 e. The number of Topliss-reactive ketones (excluding diaryl/α,β-unsaturated/α-hetero) is 1. The molecule has 3 aliphatic rings. The minimum absolute atomic E-state index is 0.104.